The van der Waals surface area contributed by atoms with Crippen molar-refractivity contribution in [1.29, 1.82) is 0 Å². The number of nitro groups is 1. The van der Waals surface area contributed by atoms with Gasteiger partial charge in [-0.2, -0.15) is 4.99 Å². The van der Waals surface area contributed by atoms with Crippen molar-refractivity contribution in [3.05, 3.63) is 49.1 Å². The van der Waals surface area contributed by atoms with Gasteiger partial charge >= 0.3 is 17.9 Å². The van der Waals surface area contributed by atoms with Crippen LogP contribution in [0.15, 0.2) is 23.2 Å². The van der Waals surface area contributed by atoms with Gasteiger partial charge in [0.1, 0.15) is 27.9 Å². The van der Waals surface area contributed by atoms with Crippen LogP contribution in [0, 0.1) is 17.0 Å². The van der Waals surface area contributed by atoms with E-state index in [0.717, 1.165) is 11.3 Å². The minimum atomic E-state index is -4.43. The van der Waals surface area contributed by atoms with Crippen LogP contribution >= 0.6 is 22.7 Å². The van der Waals surface area contributed by atoms with Crippen LogP contribution in [0.1, 0.15) is 46.4 Å². The maximum Gasteiger partial charge on any atom is 0.348 e. The maximum atomic E-state index is 12.8. The van der Waals surface area contributed by atoms with Gasteiger partial charge in [-0.3, -0.25) is 24.5 Å². The Bertz CT molecular complexity index is 1850. The number of nitrogens with zero attached hydrogens (tertiary/aromatic N) is 3. The molecule has 1 aromatic carbocycles. The smallest absolute Gasteiger partial charge is 0.348 e. The van der Waals surface area contributed by atoms with E-state index in [4.69, 9.17) is 14.2 Å². The third-order valence-corrected chi connectivity index (χ3v) is 9.34. The van der Waals surface area contributed by atoms with Crippen LogP contribution in [0.4, 0.5) is 10.7 Å². The number of nitro benzene ring substituents is 1. The lowest BCUT2D eigenvalue weighted by Gasteiger charge is -2.07. The Balaban J connectivity index is 1.87. The summed E-state index contributed by atoms with van der Waals surface area (Å²) in [6.07, 6.45) is 0. The van der Waals surface area contributed by atoms with Gasteiger partial charge in [0.2, 0.25) is 5.91 Å². The summed E-state index contributed by atoms with van der Waals surface area (Å²) < 4.78 is 42.1. The van der Waals surface area contributed by atoms with Gasteiger partial charge in [0.05, 0.1) is 40.5 Å². The van der Waals surface area contributed by atoms with Gasteiger partial charge in [0, 0.05) is 12.1 Å². The first-order chi connectivity index (χ1) is 21.2. The van der Waals surface area contributed by atoms with E-state index in [0.29, 0.717) is 21.6 Å². The molecule has 0 saturated carbocycles. The zero-order chi connectivity index (χ0) is 33.5. The molecule has 0 spiro atoms. The number of fused-ring (bicyclic) bond motifs is 1. The highest BCUT2D eigenvalue weighted by Gasteiger charge is 2.29. The van der Waals surface area contributed by atoms with E-state index >= 15 is 0 Å². The summed E-state index contributed by atoms with van der Waals surface area (Å²) in [5, 5.41) is 13.4. The third-order valence-electron chi connectivity index (χ3n) is 5.72. The van der Waals surface area contributed by atoms with Gasteiger partial charge in [-0.05, 0) is 39.3 Å². The molecule has 0 bridgehead atoms. The molecule has 16 nitrogen and oxygen atoms in total. The number of esters is 3. The summed E-state index contributed by atoms with van der Waals surface area (Å²) in [7, 11) is -4.43. The molecule has 0 atom stereocenters. The molecule has 0 radical (unpaired) electrons. The SMILES string of the molecule is CCOC(=O)Cn1c(=NC(=O)CS(=O)(=O)CC(=O)Nc2sc(C(=O)OCC)c(C)c2C(=O)OCC)sc2cc([N+](=O)[O-])ccc21. The van der Waals surface area contributed by atoms with Gasteiger partial charge in [-0.15, -0.1) is 11.3 Å². The summed E-state index contributed by atoms with van der Waals surface area (Å²) in [5.74, 6) is -6.94. The number of carbonyl (C=O) groups excluding carboxylic acids is 5. The molecule has 242 valence electrons. The monoisotopic (exact) mass is 684 g/mol. The van der Waals surface area contributed by atoms with E-state index in [1.807, 2.05) is 0 Å². The first-order valence-corrected chi connectivity index (χ1v) is 16.6. The molecule has 3 aromatic rings. The fourth-order valence-electron chi connectivity index (χ4n) is 3.93. The van der Waals surface area contributed by atoms with E-state index in [1.54, 1.807) is 20.8 Å². The number of hydrogen-bond donors (Lipinski definition) is 1. The van der Waals surface area contributed by atoms with Crippen LogP contribution in [0.5, 0.6) is 0 Å². The number of rotatable bonds is 13. The Morgan fingerprint density at radius 2 is 1.62 bits per heavy atom. The number of amides is 2. The number of hydrogen-bond acceptors (Lipinski definition) is 14. The first-order valence-electron chi connectivity index (χ1n) is 13.2. The van der Waals surface area contributed by atoms with Crippen molar-refractivity contribution in [2.24, 2.45) is 4.99 Å². The van der Waals surface area contributed by atoms with Crippen LogP contribution in [0.25, 0.3) is 10.2 Å². The number of non-ortho nitro benzene ring substituents is 1. The molecule has 2 aromatic heterocycles. The Labute approximate surface area is 263 Å². The Morgan fingerprint density at radius 3 is 2.24 bits per heavy atom. The van der Waals surface area contributed by atoms with Crippen molar-refractivity contribution in [2.45, 2.75) is 34.2 Å². The quantitative estimate of drug-likeness (QED) is 0.119. The number of benzene rings is 1. The molecule has 0 aliphatic rings. The molecule has 45 heavy (non-hydrogen) atoms. The van der Waals surface area contributed by atoms with Crippen molar-refractivity contribution in [3.8, 4) is 0 Å². The minimum Gasteiger partial charge on any atom is -0.465 e. The number of aromatic nitrogens is 1. The topological polar surface area (TPSA) is 220 Å². The van der Waals surface area contributed by atoms with Crippen molar-refractivity contribution in [1.82, 2.24) is 4.57 Å². The molecule has 2 heterocycles. The van der Waals surface area contributed by atoms with Crippen molar-refractivity contribution < 1.29 is 51.5 Å². The predicted molar refractivity (Wildman–Crippen MR) is 162 cm³/mol. The highest BCUT2D eigenvalue weighted by Crippen LogP contribution is 2.34. The number of anilines is 1. The van der Waals surface area contributed by atoms with Crippen LogP contribution in [0.3, 0.4) is 0 Å². The molecular weight excluding hydrogens is 657 g/mol. The molecule has 0 aliphatic heterocycles. The second kappa shape index (κ2) is 15.0. The lowest BCUT2D eigenvalue weighted by atomic mass is 10.1. The zero-order valence-corrected chi connectivity index (χ0v) is 26.9. The van der Waals surface area contributed by atoms with E-state index in [2.05, 4.69) is 10.3 Å². The number of thiazole rings is 1. The maximum absolute atomic E-state index is 12.8. The number of nitrogens with one attached hydrogen (secondary N) is 1. The summed E-state index contributed by atoms with van der Waals surface area (Å²) in [4.78, 5) is 76.9. The average Bonchev–Trinajstić information content (AvgIpc) is 3.43. The van der Waals surface area contributed by atoms with Gasteiger partial charge in [0.15, 0.2) is 14.6 Å². The van der Waals surface area contributed by atoms with Gasteiger partial charge in [-0.1, -0.05) is 11.3 Å². The van der Waals surface area contributed by atoms with Gasteiger partial charge in [0.25, 0.3) is 11.6 Å². The first kappa shape index (κ1) is 35.0. The standard InChI is InChI=1S/C26H28N4O12S3/c1-5-40-20(33)11-29-16-9-8-15(30(36)37)10-17(16)43-26(29)28-19(32)13-45(38,39)12-18(31)27-23-21(24(34)41-6-2)14(4)22(44-23)25(35)42-7-3/h8-10H,5-7,11-13H2,1-4H3,(H,27,31). The van der Waals surface area contributed by atoms with Crippen LogP contribution in [0.2, 0.25) is 0 Å². The summed E-state index contributed by atoms with van der Waals surface area (Å²) in [6, 6.07) is 3.78. The highest BCUT2D eigenvalue weighted by atomic mass is 32.2. The molecule has 3 rings (SSSR count). The molecule has 19 heteroatoms. The third kappa shape index (κ3) is 8.79. The largest absolute Gasteiger partial charge is 0.465 e. The van der Waals surface area contributed by atoms with Gasteiger partial charge in [-0.25, -0.2) is 18.0 Å². The van der Waals surface area contributed by atoms with Crippen molar-refractivity contribution in [3.63, 3.8) is 0 Å². The lowest BCUT2D eigenvalue weighted by molar-refractivity contribution is -0.384. The zero-order valence-electron chi connectivity index (χ0n) is 24.4. The van der Waals surface area contributed by atoms with E-state index in [9.17, 15) is 42.5 Å². The highest BCUT2D eigenvalue weighted by molar-refractivity contribution is 7.92. The number of carbonyl (C=O) groups is 5. The molecule has 0 fully saturated rings. The Hall–Kier alpha value is -4.49. The normalized spacial score (nSPS) is 11.7. The number of thiophene rings is 1. The summed E-state index contributed by atoms with van der Waals surface area (Å²) >= 11 is 1.52. The van der Waals surface area contributed by atoms with E-state index in [-0.39, 0.29) is 51.3 Å². The lowest BCUT2D eigenvalue weighted by Crippen LogP contribution is -2.29. The molecule has 0 aliphatic carbocycles. The predicted octanol–water partition coefficient (Wildman–Crippen LogP) is 2.38. The minimum absolute atomic E-state index is 0.00722. The second-order valence-electron chi connectivity index (χ2n) is 8.97. The molecule has 2 amide bonds. The fourth-order valence-corrected chi connectivity index (χ4v) is 7.13. The Kier molecular flexibility index (Phi) is 11.7. The number of ether oxygens (including phenoxy) is 3. The molecule has 1 N–H and O–H groups in total. The fraction of sp³-hybridized carbons (Fsp3) is 0.385. The van der Waals surface area contributed by atoms with Gasteiger partial charge < -0.3 is 24.1 Å². The van der Waals surface area contributed by atoms with Crippen LogP contribution < -0.4 is 10.1 Å². The summed E-state index contributed by atoms with van der Waals surface area (Å²) in [5.41, 5.74) is 0.102. The molecule has 0 saturated heterocycles. The van der Waals surface area contributed by atoms with Crippen molar-refractivity contribution >= 4 is 83.1 Å². The average molecular weight is 685 g/mol. The molecular formula is C26H28N4O12S3. The second-order valence-corrected chi connectivity index (χ2v) is 13.1. The van der Waals surface area contributed by atoms with Crippen molar-refractivity contribution in [2.75, 3.05) is 36.6 Å². The van der Waals surface area contributed by atoms with E-state index < -0.39 is 62.5 Å². The number of sulfone groups is 1. The molecule has 0 unspecified atom stereocenters. The van der Waals surface area contributed by atoms with Crippen LogP contribution in [-0.4, -0.2) is 79.0 Å². The van der Waals surface area contributed by atoms with E-state index in [1.165, 1.54) is 29.7 Å². The van der Waals surface area contributed by atoms with Crippen LogP contribution in [-0.2, 0) is 45.0 Å². The Morgan fingerprint density at radius 1 is 0.978 bits per heavy atom. The summed E-state index contributed by atoms with van der Waals surface area (Å²) in [6.45, 7) is 5.87.